The van der Waals surface area contributed by atoms with E-state index in [9.17, 15) is 0 Å². The number of likely N-dealkylation sites (tertiary alicyclic amines) is 1. The fourth-order valence-corrected chi connectivity index (χ4v) is 8.15. The van der Waals surface area contributed by atoms with Gasteiger partial charge in [0.25, 0.3) is 0 Å². The van der Waals surface area contributed by atoms with E-state index in [1.165, 1.54) is 11.1 Å². The van der Waals surface area contributed by atoms with Crippen molar-refractivity contribution >= 4 is 17.4 Å². The summed E-state index contributed by atoms with van der Waals surface area (Å²) in [6.07, 6.45) is 7.80. The summed E-state index contributed by atoms with van der Waals surface area (Å²) < 4.78 is 19.1. The lowest BCUT2D eigenvalue weighted by atomic mass is 9.36. The van der Waals surface area contributed by atoms with Crippen molar-refractivity contribution in [3.05, 3.63) is 35.4 Å². The molecule has 0 aromatic heterocycles. The smallest absolute Gasteiger partial charge is 0.166 e. The van der Waals surface area contributed by atoms with E-state index in [0.29, 0.717) is 6.04 Å². The van der Waals surface area contributed by atoms with Gasteiger partial charge in [-0.05, 0) is 63.6 Å². The van der Waals surface area contributed by atoms with E-state index in [2.05, 4.69) is 53.3 Å². The first-order chi connectivity index (χ1) is 14.5. The summed E-state index contributed by atoms with van der Waals surface area (Å²) in [6.45, 7) is 3.20. The van der Waals surface area contributed by atoms with E-state index in [4.69, 9.17) is 26.4 Å². The molecule has 1 aromatic carbocycles. The number of methoxy groups -OCH3 is 2. The van der Waals surface area contributed by atoms with Crippen LogP contribution in [0.3, 0.4) is 0 Å². The largest absolute Gasteiger partial charge is 0.493 e. The van der Waals surface area contributed by atoms with Crippen molar-refractivity contribution in [1.29, 1.82) is 0 Å². The van der Waals surface area contributed by atoms with E-state index >= 15 is 0 Å². The minimum Gasteiger partial charge on any atom is -0.493 e. The van der Waals surface area contributed by atoms with Gasteiger partial charge in [0, 0.05) is 30.0 Å². The fraction of sp³-hybridized carbons (Fsp3) is 0.625. The van der Waals surface area contributed by atoms with Crippen molar-refractivity contribution < 1.29 is 14.2 Å². The van der Waals surface area contributed by atoms with Crippen LogP contribution < -0.4 is 9.47 Å². The molecule has 4 bridgehead atoms. The van der Waals surface area contributed by atoms with E-state index in [1.54, 1.807) is 7.11 Å². The van der Waals surface area contributed by atoms with E-state index in [1.807, 2.05) is 7.11 Å². The predicted molar refractivity (Wildman–Crippen MR) is 118 cm³/mol. The Labute approximate surface area is 183 Å². The maximum absolute atomic E-state index is 6.91. The first kappa shape index (κ1) is 19.0. The van der Waals surface area contributed by atoms with Crippen molar-refractivity contribution in [3.63, 3.8) is 0 Å². The number of nitrogens with zero attached hydrogens (tertiary/aromatic N) is 2. The van der Waals surface area contributed by atoms with Crippen molar-refractivity contribution in [2.45, 2.75) is 55.4 Å². The number of hydrogen-bond donors (Lipinski definition) is 0. The second-order valence-electron chi connectivity index (χ2n) is 9.75. The first-order valence-corrected chi connectivity index (χ1v) is 11.3. The highest BCUT2D eigenvalue weighted by molar-refractivity contribution is 7.78. The third-order valence-corrected chi connectivity index (χ3v) is 9.27. The van der Waals surface area contributed by atoms with Crippen LogP contribution in [0.2, 0.25) is 0 Å². The molecule has 7 rings (SSSR count). The summed E-state index contributed by atoms with van der Waals surface area (Å²) in [4.78, 5) is 7.07. The van der Waals surface area contributed by atoms with Gasteiger partial charge in [-0.25, -0.2) is 4.99 Å². The molecule has 2 heterocycles. The molecule has 1 aromatic rings. The molecule has 0 N–H and O–H groups in total. The Bertz CT molecular complexity index is 1020. The molecule has 4 aliphatic carbocycles. The zero-order chi connectivity index (χ0) is 20.9. The van der Waals surface area contributed by atoms with Crippen LogP contribution in [0, 0.1) is 11.3 Å². The van der Waals surface area contributed by atoms with Crippen LogP contribution in [0.1, 0.15) is 30.9 Å². The molecule has 1 saturated carbocycles. The maximum atomic E-state index is 6.91. The third kappa shape index (κ3) is 1.81. The number of ether oxygens (including phenoxy) is 3. The molecule has 0 amide bonds. The predicted octanol–water partition coefficient (Wildman–Crippen LogP) is 3.41. The quantitative estimate of drug-likeness (QED) is 0.421. The summed E-state index contributed by atoms with van der Waals surface area (Å²) in [5, 5.41) is 2.62. The zero-order valence-electron chi connectivity index (χ0n) is 18.0. The molecule has 158 valence electrons. The lowest BCUT2D eigenvalue weighted by Crippen LogP contribution is -2.79. The van der Waals surface area contributed by atoms with Crippen molar-refractivity contribution in [2.75, 3.05) is 27.8 Å². The molecule has 0 radical (unpaired) electrons. The highest BCUT2D eigenvalue weighted by Gasteiger charge is 2.79. The monoisotopic (exact) mass is 424 g/mol. The number of benzene rings is 1. The second kappa shape index (κ2) is 5.95. The number of hydrogen-bond acceptors (Lipinski definition) is 6. The average Bonchev–Trinajstić information content (AvgIpc) is 3.13. The molecule has 1 saturated heterocycles. The SMILES string of the molecule is COc1ccc2c3c1O[C@@H]1[C@]34CCN(C)[C@H](C2)[C@]42C=C[C@@]1(OC)C(C(C)N=C=S)C2. The van der Waals surface area contributed by atoms with Crippen molar-refractivity contribution in [1.82, 2.24) is 4.90 Å². The zero-order valence-corrected chi connectivity index (χ0v) is 18.8. The van der Waals surface area contributed by atoms with Gasteiger partial charge in [0.05, 0.1) is 23.7 Å². The molecule has 2 fully saturated rings. The Morgan fingerprint density at radius 1 is 1.33 bits per heavy atom. The molecular formula is C24H28N2O3S. The number of thiocarbonyl (C=S) groups is 1. The van der Waals surface area contributed by atoms with Crippen molar-refractivity contribution in [2.24, 2.45) is 16.3 Å². The second-order valence-corrected chi connectivity index (χ2v) is 9.94. The molecule has 2 aliphatic heterocycles. The van der Waals surface area contributed by atoms with Gasteiger partial charge in [0.15, 0.2) is 11.5 Å². The van der Waals surface area contributed by atoms with Crippen LogP contribution in [0.4, 0.5) is 0 Å². The molecule has 6 aliphatic rings. The molecule has 7 atom stereocenters. The van der Waals surface area contributed by atoms with Gasteiger partial charge in [-0.2, -0.15) is 0 Å². The summed E-state index contributed by atoms with van der Waals surface area (Å²) in [7, 11) is 5.83. The van der Waals surface area contributed by atoms with Gasteiger partial charge < -0.3 is 19.1 Å². The third-order valence-electron chi connectivity index (χ3n) is 9.17. The highest BCUT2D eigenvalue weighted by Crippen LogP contribution is 2.74. The molecule has 5 nitrogen and oxygen atoms in total. The Kier molecular flexibility index (Phi) is 3.77. The summed E-state index contributed by atoms with van der Waals surface area (Å²) in [5.41, 5.74) is 2.14. The van der Waals surface area contributed by atoms with Gasteiger partial charge in [-0.3, -0.25) is 0 Å². The van der Waals surface area contributed by atoms with Crippen LogP contribution in [0.15, 0.2) is 29.3 Å². The Morgan fingerprint density at radius 2 is 2.17 bits per heavy atom. The van der Waals surface area contributed by atoms with E-state index in [-0.39, 0.29) is 28.9 Å². The van der Waals surface area contributed by atoms with Crippen LogP contribution in [0.25, 0.3) is 0 Å². The Morgan fingerprint density at radius 3 is 2.90 bits per heavy atom. The molecule has 2 unspecified atom stereocenters. The lowest BCUT2D eigenvalue weighted by molar-refractivity contribution is -0.216. The van der Waals surface area contributed by atoms with Crippen LogP contribution in [0.5, 0.6) is 11.5 Å². The molecule has 2 spiro atoms. The van der Waals surface area contributed by atoms with Gasteiger partial charge in [0.1, 0.15) is 11.7 Å². The summed E-state index contributed by atoms with van der Waals surface area (Å²) in [5.74, 6) is 1.94. The number of aliphatic imine (C=N–C) groups is 1. The van der Waals surface area contributed by atoms with Gasteiger partial charge in [-0.1, -0.05) is 18.2 Å². The minimum atomic E-state index is -0.546. The number of isothiocyanates is 1. The van der Waals surface area contributed by atoms with E-state index in [0.717, 1.165) is 37.3 Å². The van der Waals surface area contributed by atoms with Gasteiger partial charge in [0.2, 0.25) is 0 Å². The Balaban J connectivity index is 1.67. The van der Waals surface area contributed by atoms with Crippen molar-refractivity contribution in [3.8, 4) is 11.5 Å². The number of likely N-dealkylation sites (N-methyl/N-ethyl adjacent to an activating group) is 1. The number of fused-ring (bicyclic) bond motifs is 1. The fourth-order valence-electron chi connectivity index (χ4n) is 7.98. The number of rotatable bonds is 4. The van der Waals surface area contributed by atoms with Gasteiger partial charge in [-0.15, -0.1) is 0 Å². The average molecular weight is 425 g/mol. The number of piperidine rings is 1. The lowest BCUT2D eigenvalue weighted by Gasteiger charge is -2.71. The highest BCUT2D eigenvalue weighted by atomic mass is 32.1. The standard InChI is InChI=1S/C24H28N2O3S/c1-14(25-13-30)16-12-22-7-8-24(16,28-4)21-23(22)9-10-26(2)18(22)11-15-5-6-17(27-3)20(29-21)19(15)23/h5-8,14,16,18,21H,9-12H2,1-4H3/t14?,16?,18-,21-,22-,23+,24-/m1/s1. The van der Waals surface area contributed by atoms with Crippen LogP contribution >= 0.6 is 12.2 Å². The molecular weight excluding hydrogens is 396 g/mol. The minimum absolute atomic E-state index is 0.00847. The van der Waals surface area contributed by atoms with Crippen LogP contribution in [-0.4, -0.2) is 61.7 Å². The summed E-state index contributed by atoms with van der Waals surface area (Å²) >= 11 is 4.97. The van der Waals surface area contributed by atoms with Crippen LogP contribution in [-0.2, 0) is 16.6 Å². The molecule has 6 heteroatoms. The van der Waals surface area contributed by atoms with E-state index < -0.39 is 5.60 Å². The first-order valence-electron chi connectivity index (χ1n) is 10.9. The molecule has 30 heavy (non-hydrogen) atoms. The maximum Gasteiger partial charge on any atom is 0.166 e. The normalized spacial score (nSPS) is 42.9. The van der Waals surface area contributed by atoms with Gasteiger partial charge >= 0.3 is 0 Å². The Hall–Kier alpha value is -1.72. The summed E-state index contributed by atoms with van der Waals surface area (Å²) in [6, 6.07) is 4.78. The topological polar surface area (TPSA) is 43.3 Å².